The Bertz CT molecular complexity index is 450. The Hall–Kier alpha value is -0.680. The molecule has 1 atom stereocenters. The van der Waals surface area contributed by atoms with Gasteiger partial charge in [0.05, 0.1) is 0 Å². The molecule has 1 fully saturated rings. The third kappa shape index (κ3) is 5.22. The van der Waals surface area contributed by atoms with E-state index in [1.165, 1.54) is 32.4 Å². The molecule has 21 heavy (non-hydrogen) atoms. The van der Waals surface area contributed by atoms with E-state index < -0.39 is 0 Å². The molecule has 0 aliphatic carbocycles. The van der Waals surface area contributed by atoms with Crippen LogP contribution in [0.3, 0.4) is 0 Å². The first-order valence-corrected chi connectivity index (χ1v) is 8.88. The summed E-state index contributed by atoms with van der Waals surface area (Å²) < 4.78 is 0.855. The molecule has 0 spiro atoms. The molecular weight excluding hydrogens is 328 g/mol. The molecule has 1 saturated heterocycles. The van der Waals surface area contributed by atoms with Gasteiger partial charge >= 0.3 is 0 Å². The number of piperidine rings is 1. The lowest BCUT2D eigenvalue weighted by Gasteiger charge is -2.33. The third-order valence-electron chi connectivity index (χ3n) is 4.10. The molecule has 1 aliphatic rings. The van der Waals surface area contributed by atoms with E-state index in [4.69, 9.17) is 0 Å². The van der Waals surface area contributed by atoms with Gasteiger partial charge in [-0.2, -0.15) is 0 Å². The fourth-order valence-electron chi connectivity index (χ4n) is 2.77. The van der Waals surface area contributed by atoms with Crippen molar-refractivity contribution < 1.29 is 0 Å². The summed E-state index contributed by atoms with van der Waals surface area (Å²) in [6, 6.07) is 2.70. The van der Waals surface area contributed by atoms with Crippen LogP contribution in [0.15, 0.2) is 10.7 Å². The second-order valence-electron chi connectivity index (χ2n) is 6.25. The second kappa shape index (κ2) is 8.08. The van der Waals surface area contributed by atoms with Crippen molar-refractivity contribution in [3.05, 3.63) is 16.5 Å². The van der Waals surface area contributed by atoms with Crippen LogP contribution in [0.2, 0.25) is 0 Å². The zero-order valence-corrected chi connectivity index (χ0v) is 15.0. The number of halogens is 1. The first-order chi connectivity index (χ1) is 10.1. The Kier molecular flexibility index (Phi) is 6.42. The highest BCUT2D eigenvalue weighted by molar-refractivity contribution is 9.10. The van der Waals surface area contributed by atoms with Gasteiger partial charge in [0.2, 0.25) is 0 Å². The molecule has 0 amide bonds. The van der Waals surface area contributed by atoms with Crippen LogP contribution in [0.1, 0.15) is 58.2 Å². The summed E-state index contributed by atoms with van der Waals surface area (Å²) in [6.07, 6.45) is 5.25. The largest absolute Gasteiger partial charge is 0.370 e. The van der Waals surface area contributed by atoms with Crippen LogP contribution in [0.5, 0.6) is 0 Å². The van der Waals surface area contributed by atoms with Gasteiger partial charge in [-0.25, -0.2) is 9.97 Å². The molecule has 1 aromatic rings. The Morgan fingerprint density at radius 3 is 2.90 bits per heavy atom. The number of nitrogens with zero attached hydrogens (tertiary/aromatic N) is 3. The highest BCUT2D eigenvalue weighted by Gasteiger charge is 2.17. The molecule has 4 nitrogen and oxygen atoms in total. The first kappa shape index (κ1) is 16.7. The number of likely N-dealkylation sites (tertiary alicyclic amines) is 1. The van der Waals surface area contributed by atoms with Gasteiger partial charge in [-0.1, -0.05) is 20.3 Å². The maximum Gasteiger partial charge on any atom is 0.134 e. The van der Waals surface area contributed by atoms with Gasteiger partial charge in [0.25, 0.3) is 0 Å². The fraction of sp³-hybridized carbons (Fsp3) is 0.750. The van der Waals surface area contributed by atoms with Gasteiger partial charge in [0.15, 0.2) is 0 Å². The van der Waals surface area contributed by atoms with Gasteiger partial charge in [-0.3, -0.25) is 0 Å². The number of hydrogen-bond donors (Lipinski definition) is 1. The van der Waals surface area contributed by atoms with E-state index >= 15 is 0 Å². The zero-order chi connectivity index (χ0) is 15.2. The highest BCUT2D eigenvalue weighted by atomic mass is 79.9. The van der Waals surface area contributed by atoms with Crippen molar-refractivity contribution in [2.45, 2.75) is 58.4 Å². The van der Waals surface area contributed by atoms with Crippen molar-refractivity contribution in [2.75, 3.05) is 25.0 Å². The zero-order valence-electron chi connectivity index (χ0n) is 13.4. The number of aromatic nitrogens is 2. The highest BCUT2D eigenvalue weighted by Crippen LogP contribution is 2.18. The molecule has 1 aromatic heterocycles. The summed E-state index contributed by atoms with van der Waals surface area (Å²) in [4.78, 5) is 11.6. The minimum absolute atomic E-state index is 0.345. The molecule has 0 bridgehead atoms. The number of rotatable bonds is 6. The molecule has 0 saturated carbocycles. The minimum Gasteiger partial charge on any atom is -0.370 e. The van der Waals surface area contributed by atoms with Crippen molar-refractivity contribution in [3.8, 4) is 0 Å². The predicted octanol–water partition coefficient (Wildman–Crippen LogP) is 4.04. The van der Waals surface area contributed by atoms with Crippen molar-refractivity contribution in [1.82, 2.24) is 14.9 Å². The molecule has 0 radical (unpaired) electrons. The summed E-state index contributed by atoms with van der Waals surface area (Å²) in [7, 11) is 0. The first-order valence-electron chi connectivity index (χ1n) is 8.08. The van der Waals surface area contributed by atoms with Crippen molar-refractivity contribution >= 4 is 21.7 Å². The molecular formula is C16H27BrN4. The van der Waals surface area contributed by atoms with Crippen molar-refractivity contribution in [3.63, 3.8) is 0 Å². The van der Waals surface area contributed by atoms with Crippen LogP contribution in [0.25, 0.3) is 0 Å². The van der Waals surface area contributed by atoms with E-state index in [0.29, 0.717) is 5.92 Å². The Labute approximate surface area is 136 Å². The number of anilines is 1. The van der Waals surface area contributed by atoms with Crippen LogP contribution < -0.4 is 5.32 Å². The van der Waals surface area contributed by atoms with Crippen LogP contribution >= 0.6 is 15.9 Å². The van der Waals surface area contributed by atoms with Gasteiger partial charge < -0.3 is 10.2 Å². The summed E-state index contributed by atoms with van der Waals surface area (Å²) in [5.74, 6) is 2.15. The summed E-state index contributed by atoms with van der Waals surface area (Å²) in [5, 5.41) is 3.43. The summed E-state index contributed by atoms with van der Waals surface area (Å²) in [5.41, 5.74) is 0. The standard InChI is InChI=1S/C16H27BrN4/c1-12(2)16-19-14(17)11-15(20-16)18-8-6-10-21-9-5-4-7-13(21)3/h11-13H,4-10H2,1-3H3,(H,18,19,20). The summed E-state index contributed by atoms with van der Waals surface area (Å²) >= 11 is 3.46. The van der Waals surface area contributed by atoms with Crippen LogP contribution in [-0.2, 0) is 0 Å². The van der Waals surface area contributed by atoms with Gasteiger partial charge in [0.1, 0.15) is 16.2 Å². The molecule has 5 heteroatoms. The van der Waals surface area contributed by atoms with E-state index in [1.54, 1.807) is 0 Å². The van der Waals surface area contributed by atoms with E-state index in [9.17, 15) is 0 Å². The quantitative estimate of drug-likeness (QED) is 0.618. The van der Waals surface area contributed by atoms with Crippen LogP contribution in [0.4, 0.5) is 5.82 Å². The molecule has 0 aromatic carbocycles. The number of nitrogens with one attached hydrogen (secondary N) is 1. The third-order valence-corrected chi connectivity index (χ3v) is 4.50. The summed E-state index contributed by atoms with van der Waals surface area (Å²) in [6.45, 7) is 9.98. The minimum atomic E-state index is 0.345. The lowest BCUT2D eigenvalue weighted by Crippen LogP contribution is -2.38. The normalized spacial score (nSPS) is 20.0. The Balaban J connectivity index is 1.78. The average Bonchev–Trinajstić information content (AvgIpc) is 2.44. The molecule has 2 heterocycles. The maximum absolute atomic E-state index is 4.57. The van der Waals surface area contributed by atoms with Crippen molar-refractivity contribution in [2.24, 2.45) is 0 Å². The average molecular weight is 355 g/mol. The van der Waals surface area contributed by atoms with E-state index in [1.807, 2.05) is 6.07 Å². The van der Waals surface area contributed by atoms with Gasteiger partial charge in [0, 0.05) is 31.1 Å². The molecule has 1 N–H and O–H groups in total. The smallest absolute Gasteiger partial charge is 0.134 e. The van der Waals surface area contributed by atoms with E-state index in [-0.39, 0.29) is 0 Å². The number of hydrogen-bond acceptors (Lipinski definition) is 4. The molecule has 118 valence electrons. The monoisotopic (exact) mass is 354 g/mol. The van der Waals surface area contributed by atoms with Crippen LogP contribution in [-0.4, -0.2) is 40.5 Å². The maximum atomic E-state index is 4.57. The SMILES string of the molecule is CC(C)c1nc(Br)cc(NCCCN2CCCCC2C)n1. The lowest BCUT2D eigenvalue weighted by molar-refractivity contribution is 0.160. The molecule has 1 unspecified atom stereocenters. The second-order valence-corrected chi connectivity index (χ2v) is 7.06. The Morgan fingerprint density at radius 1 is 1.38 bits per heavy atom. The van der Waals surface area contributed by atoms with Crippen LogP contribution in [0, 0.1) is 0 Å². The van der Waals surface area contributed by atoms with Gasteiger partial charge in [-0.05, 0) is 48.7 Å². The van der Waals surface area contributed by atoms with Crippen molar-refractivity contribution in [1.29, 1.82) is 0 Å². The van der Waals surface area contributed by atoms with E-state index in [2.05, 4.69) is 56.9 Å². The Morgan fingerprint density at radius 2 is 2.19 bits per heavy atom. The molecule has 1 aliphatic heterocycles. The fourth-order valence-corrected chi connectivity index (χ4v) is 3.17. The lowest BCUT2D eigenvalue weighted by atomic mass is 10.0. The predicted molar refractivity (Wildman–Crippen MR) is 91.8 cm³/mol. The topological polar surface area (TPSA) is 41.1 Å². The van der Waals surface area contributed by atoms with E-state index in [0.717, 1.165) is 35.3 Å². The molecule has 2 rings (SSSR count). The van der Waals surface area contributed by atoms with Gasteiger partial charge in [-0.15, -0.1) is 0 Å².